The van der Waals surface area contributed by atoms with E-state index in [2.05, 4.69) is 15.9 Å². The highest BCUT2D eigenvalue weighted by Crippen LogP contribution is 2.12. The third-order valence-corrected chi connectivity index (χ3v) is 2.37. The molecule has 2 nitrogen and oxygen atoms in total. The SMILES string of the molecule is CC(=O)c1ccc(OCCCBr)cc1. The molecule has 0 N–H and O–H groups in total. The van der Waals surface area contributed by atoms with Crippen LogP contribution in [-0.2, 0) is 0 Å². The molecule has 0 atom stereocenters. The summed E-state index contributed by atoms with van der Waals surface area (Å²) >= 11 is 3.33. The van der Waals surface area contributed by atoms with Gasteiger partial charge in [-0.3, -0.25) is 4.79 Å². The third kappa shape index (κ3) is 3.50. The molecule has 1 aromatic carbocycles. The van der Waals surface area contributed by atoms with Crippen molar-refractivity contribution in [2.24, 2.45) is 0 Å². The molecule has 0 aliphatic carbocycles. The van der Waals surface area contributed by atoms with Gasteiger partial charge in [-0.1, -0.05) is 15.9 Å². The maximum atomic E-state index is 11.0. The van der Waals surface area contributed by atoms with Crippen LogP contribution in [0.2, 0.25) is 0 Å². The first-order valence-electron chi connectivity index (χ1n) is 4.54. The summed E-state index contributed by atoms with van der Waals surface area (Å²) in [4.78, 5) is 11.0. The molecule has 0 heterocycles. The lowest BCUT2D eigenvalue weighted by molar-refractivity contribution is 0.101. The molecular weight excluding hydrogens is 244 g/mol. The van der Waals surface area contributed by atoms with Crippen molar-refractivity contribution in [2.75, 3.05) is 11.9 Å². The second kappa shape index (κ2) is 5.81. The van der Waals surface area contributed by atoms with Crippen LogP contribution in [0, 0.1) is 0 Å². The lowest BCUT2D eigenvalue weighted by Crippen LogP contribution is -1.98. The molecule has 0 aromatic heterocycles. The van der Waals surface area contributed by atoms with Crippen LogP contribution in [0.4, 0.5) is 0 Å². The Kier molecular flexibility index (Phi) is 4.66. The maximum absolute atomic E-state index is 11.0. The van der Waals surface area contributed by atoms with Crippen LogP contribution in [0.15, 0.2) is 24.3 Å². The van der Waals surface area contributed by atoms with E-state index >= 15 is 0 Å². The number of Topliss-reactive ketones (excluding diaryl/α,β-unsaturated/α-hetero) is 1. The van der Waals surface area contributed by atoms with Crippen molar-refractivity contribution >= 4 is 21.7 Å². The molecule has 0 aliphatic heterocycles. The van der Waals surface area contributed by atoms with Gasteiger partial charge in [0.15, 0.2) is 5.78 Å². The van der Waals surface area contributed by atoms with Gasteiger partial charge in [0.1, 0.15) is 5.75 Å². The van der Waals surface area contributed by atoms with Crippen LogP contribution in [-0.4, -0.2) is 17.7 Å². The number of rotatable bonds is 5. The number of hydrogen-bond donors (Lipinski definition) is 0. The van der Waals surface area contributed by atoms with Gasteiger partial charge < -0.3 is 4.74 Å². The zero-order chi connectivity index (χ0) is 10.4. The van der Waals surface area contributed by atoms with Crippen LogP contribution in [0.25, 0.3) is 0 Å². The molecule has 0 saturated carbocycles. The van der Waals surface area contributed by atoms with E-state index in [-0.39, 0.29) is 5.78 Å². The highest BCUT2D eigenvalue weighted by atomic mass is 79.9. The third-order valence-electron chi connectivity index (χ3n) is 1.81. The minimum Gasteiger partial charge on any atom is -0.494 e. The molecule has 3 heteroatoms. The van der Waals surface area contributed by atoms with Crippen molar-refractivity contribution in [3.8, 4) is 5.75 Å². The summed E-state index contributed by atoms with van der Waals surface area (Å²) in [7, 11) is 0. The molecule has 1 aromatic rings. The Labute approximate surface area is 92.4 Å². The quantitative estimate of drug-likeness (QED) is 0.460. The molecule has 0 radical (unpaired) electrons. The van der Waals surface area contributed by atoms with Gasteiger partial charge >= 0.3 is 0 Å². The Morgan fingerprint density at radius 1 is 1.36 bits per heavy atom. The van der Waals surface area contributed by atoms with E-state index in [1.807, 2.05) is 12.1 Å². The van der Waals surface area contributed by atoms with Crippen molar-refractivity contribution in [1.29, 1.82) is 0 Å². The predicted octanol–water partition coefficient (Wildman–Crippen LogP) is 3.05. The van der Waals surface area contributed by atoms with Crippen LogP contribution >= 0.6 is 15.9 Å². The lowest BCUT2D eigenvalue weighted by Gasteiger charge is -2.04. The zero-order valence-corrected chi connectivity index (χ0v) is 9.71. The van der Waals surface area contributed by atoms with Crippen molar-refractivity contribution in [1.82, 2.24) is 0 Å². The Morgan fingerprint density at radius 2 is 2.00 bits per heavy atom. The summed E-state index contributed by atoms with van der Waals surface area (Å²) in [5, 5.41) is 0.943. The van der Waals surface area contributed by atoms with Gasteiger partial charge in [-0.2, -0.15) is 0 Å². The molecule has 1 rings (SSSR count). The monoisotopic (exact) mass is 256 g/mol. The fourth-order valence-corrected chi connectivity index (χ4v) is 1.26. The predicted molar refractivity (Wildman–Crippen MR) is 60.4 cm³/mol. The van der Waals surface area contributed by atoms with Gasteiger partial charge in [0.25, 0.3) is 0 Å². The molecule has 0 bridgehead atoms. The van der Waals surface area contributed by atoms with Gasteiger partial charge in [-0.25, -0.2) is 0 Å². The molecule has 0 unspecified atom stereocenters. The van der Waals surface area contributed by atoms with E-state index < -0.39 is 0 Å². The number of ketones is 1. The van der Waals surface area contributed by atoms with Crippen molar-refractivity contribution in [3.05, 3.63) is 29.8 Å². The summed E-state index contributed by atoms with van der Waals surface area (Å²) in [6.07, 6.45) is 0.981. The number of carbonyl (C=O) groups is 1. The maximum Gasteiger partial charge on any atom is 0.159 e. The van der Waals surface area contributed by atoms with E-state index in [4.69, 9.17) is 4.74 Å². The topological polar surface area (TPSA) is 26.3 Å². The van der Waals surface area contributed by atoms with Crippen LogP contribution in [0.3, 0.4) is 0 Å². The smallest absolute Gasteiger partial charge is 0.159 e. The summed E-state index contributed by atoms with van der Waals surface area (Å²) < 4.78 is 5.44. The van der Waals surface area contributed by atoms with E-state index in [9.17, 15) is 4.79 Å². The van der Waals surface area contributed by atoms with E-state index in [1.54, 1.807) is 19.1 Å². The number of benzene rings is 1. The molecular formula is C11H13BrO2. The largest absolute Gasteiger partial charge is 0.494 e. The number of hydrogen-bond acceptors (Lipinski definition) is 2. The average molecular weight is 257 g/mol. The van der Waals surface area contributed by atoms with Gasteiger partial charge in [0, 0.05) is 10.9 Å². The number of halogens is 1. The minimum absolute atomic E-state index is 0.0806. The molecule has 0 saturated heterocycles. The fraction of sp³-hybridized carbons (Fsp3) is 0.364. The van der Waals surface area contributed by atoms with Crippen molar-refractivity contribution in [3.63, 3.8) is 0 Å². The Balaban J connectivity index is 2.51. The second-order valence-corrected chi connectivity index (χ2v) is 3.76. The van der Waals surface area contributed by atoms with Crippen LogP contribution in [0.5, 0.6) is 5.75 Å². The molecule has 0 amide bonds. The number of carbonyl (C=O) groups excluding carboxylic acids is 1. The van der Waals surface area contributed by atoms with Gasteiger partial charge in [-0.15, -0.1) is 0 Å². The molecule has 76 valence electrons. The standard InChI is InChI=1S/C11H13BrO2/c1-9(13)10-3-5-11(6-4-10)14-8-2-7-12/h3-6H,2,7-8H2,1H3. The first-order valence-corrected chi connectivity index (χ1v) is 5.66. The highest BCUT2D eigenvalue weighted by Gasteiger charge is 1.98. The molecule has 0 aliphatic rings. The van der Waals surface area contributed by atoms with Crippen molar-refractivity contribution in [2.45, 2.75) is 13.3 Å². The fourth-order valence-electron chi connectivity index (χ4n) is 1.03. The lowest BCUT2D eigenvalue weighted by atomic mass is 10.1. The zero-order valence-electron chi connectivity index (χ0n) is 8.13. The van der Waals surface area contributed by atoms with Crippen molar-refractivity contribution < 1.29 is 9.53 Å². The van der Waals surface area contributed by atoms with Gasteiger partial charge in [0.05, 0.1) is 6.61 Å². The van der Waals surface area contributed by atoms with Gasteiger partial charge in [-0.05, 0) is 37.6 Å². The highest BCUT2D eigenvalue weighted by molar-refractivity contribution is 9.09. The Morgan fingerprint density at radius 3 is 2.50 bits per heavy atom. The van der Waals surface area contributed by atoms with E-state index in [0.717, 1.165) is 23.1 Å². The summed E-state index contributed by atoms with van der Waals surface area (Å²) in [6.45, 7) is 2.26. The number of ether oxygens (including phenoxy) is 1. The summed E-state index contributed by atoms with van der Waals surface area (Å²) in [6, 6.07) is 7.22. The Hall–Kier alpha value is -0.830. The number of alkyl halides is 1. The van der Waals surface area contributed by atoms with E-state index in [0.29, 0.717) is 6.61 Å². The first kappa shape index (κ1) is 11.2. The molecule has 0 spiro atoms. The Bertz CT molecular complexity index is 293. The summed E-state index contributed by atoms with van der Waals surface area (Å²) in [5.41, 5.74) is 0.720. The molecule has 0 fully saturated rings. The van der Waals surface area contributed by atoms with E-state index in [1.165, 1.54) is 0 Å². The summed E-state index contributed by atoms with van der Waals surface area (Å²) in [5.74, 6) is 0.896. The minimum atomic E-state index is 0.0806. The first-order chi connectivity index (χ1) is 6.74. The normalized spacial score (nSPS) is 9.86. The molecule has 14 heavy (non-hydrogen) atoms. The van der Waals surface area contributed by atoms with Crippen LogP contribution < -0.4 is 4.74 Å². The van der Waals surface area contributed by atoms with Gasteiger partial charge in [0.2, 0.25) is 0 Å². The average Bonchev–Trinajstić information content (AvgIpc) is 2.19. The van der Waals surface area contributed by atoms with Crippen LogP contribution in [0.1, 0.15) is 23.7 Å². The second-order valence-electron chi connectivity index (χ2n) is 2.97.